The number of urea groups is 1. The van der Waals surface area contributed by atoms with E-state index in [2.05, 4.69) is 5.32 Å². The number of nitrogens with one attached hydrogen (secondary N) is 1. The van der Waals surface area contributed by atoms with Crippen molar-refractivity contribution in [3.05, 3.63) is 34.9 Å². The number of halogens is 1. The fourth-order valence-electron chi connectivity index (χ4n) is 3.32. The molecular weight excluding hydrogens is 332 g/mol. The van der Waals surface area contributed by atoms with E-state index in [9.17, 15) is 4.79 Å². The van der Waals surface area contributed by atoms with Gasteiger partial charge in [0.25, 0.3) is 5.17 Å². The SMILES string of the molecule is C[C@@H]1[C@@H](c2ccc(Cl)cc2)OC(=S)N1C(=O)NC1CCCCC1. The molecule has 124 valence electrons. The minimum absolute atomic E-state index is 0.146. The number of amides is 2. The summed E-state index contributed by atoms with van der Waals surface area (Å²) < 4.78 is 5.78. The average molecular weight is 353 g/mol. The first-order chi connectivity index (χ1) is 11.1. The van der Waals surface area contributed by atoms with E-state index in [-0.39, 0.29) is 29.4 Å². The Bertz CT molecular complexity index is 587. The van der Waals surface area contributed by atoms with Crippen LogP contribution in [-0.2, 0) is 4.74 Å². The molecule has 23 heavy (non-hydrogen) atoms. The highest BCUT2D eigenvalue weighted by atomic mass is 35.5. The van der Waals surface area contributed by atoms with Gasteiger partial charge in [0.2, 0.25) is 0 Å². The lowest BCUT2D eigenvalue weighted by atomic mass is 9.96. The molecule has 1 aromatic carbocycles. The maximum absolute atomic E-state index is 12.6. The van der Waals surface area contributed by atoms with E-state index >= 15 is 0 Å². The van der Waals surface area contributed by atoms with Crippen molar-refractivity contribution in [2.45, 2.75) is 57.2 Å². The zero-order chi connectivity index (χ0) is 16.4. The van der Waals surface area contributed by atoms with Gasteiger partial charge < -0.3 is 10.1 Å². The van der Waals surface area contributed by atoms with Crippen molar-refractivity contribution in [1.29, 1.82) is 0 Å². The number of benzene rings is 1. The Morgan fingerprint density at radius 2 is 1.91 bits per heavy atom. The first-order valence-electron chi connectivity index (χ1n) is 8.12. The van der Waals surface area contributed by atoms with E-state index in [0.717, 1.165) is 18.4 Å². The van der Waals surface area contributed by atoms with E-state index in [1.165, 1.54) is 19.3 Å². The number of ether oxygens (including phenoxy) is 1. The topological polar surface area (TPSA) is 41.6 Å². The standard InChI is InChI=1S/C17H21ClN2O2S/c1-11-15(12-7-9-13(18)10-8-12)22-17(23)20(11)16(21)19-14-5-3-2-4-6-14/h7-11,14-15H,2-6H2,1H3,(H,19,21)/t11-,15+/m1/s1. The lowest BCUT2D eigenvalue weighted by Gasteiger charge is -2.27. The maximum atomic E-state index is 12.6. The summed E-state index contributed by atoms with van der Waals surface area (Å²) in [6, 6.07) is 7.42. The first-order valence-corrected chi connectivity index (χ1v) is 8.90. The third-order valence-corrected chi connectivity index (χ3v) is 5.16. The van der Waals surface area contributed by atoms with Gasteiger partial charge in [0.1, 0.15) is 6.10 Å². The second-order valence-electron chi connectivity index (χ2n) is 6.25. The van der Waals surface area contributed by atoms with Crippen LogP contribution in [0.3, 0.4) is 0 Å². The van der Waals surface area contributed by atoms with Gasteiger partial charge in [-0.05, 0) is 49.7 Å². The van der Waals surface area contributed by atoms with Gasteiger partial charge in [-0.1, -0.05) is 43.0 Å². The Hall–Kier alpha value is -1.33. The molecule has 0 spiro atoms. The van der Waals surface area contributed by atoms with Crippen molar-refractivity contribution in [3.8, 4) is 0 Å². The van der Waals surface area contributed by atoms with Gasteiger partial charge in [-0.2, -0.15) is 0 Å². The molecule has 4 nitrogen and oxygen atoms in total. The summed E-state index contributed by atoms with van der Waals surface area (Å²) in [5.41, 5.74) is 0.970. The summed E-state index contributed by atoms with van der Waals surface area (Å²) in [4.78, 5) is 14.2. The van der Waals surface area contributed by atoms with E-state index in [1.54, 1.807) is 4.90 Å². The van der Waals surface area contributed by atoms with Gasteiger partial charge in [0.05, 0.1) is 6.04 Å². The van der Waals surface area contributed by atoms with Gasteiger partial charge in [0, 0.05) is 11.1 Å². The third-order valence-electron chi connectivity index (χ3n) is 4.62. The Morgan fingerprint density at radius 1 is 1.26 bits per heavy atom. The van der Waals surface area contributed by atoms with Crippen molar-refractivity contribution in [1.82, 2.24) is 10.2 Å². The largest absolute Gasteiger partial charge is 0.460 e. The highest BCUT2D eigenvalue weighted by Crippen LogP contribution is 2.33. The molecule has 0 radical (unpaired) electrons. The second kappa shape index (κ2) is 7.05. The van der Waals surface area contributed by atoms with Gasteiger partial charge >= 0.3 is 6.03 Å². The molecule has 0 unspecified atom stereocenters. The maximum Gasteiger partial charge on any atom is 0.325 e. The molecule has 2 fully saturated rings. The summed E-state index contributed by atoms with van der Waals surface area (Å²) in [6.07, 6.45) is 5.44. The summed E-state index contributed by atoms with van der Waals surface area (Å²) in [6.45, 7) is 1.96. The summed E-state index contributed by atoms with van der Waals surface area (Å²) in [5, 5.41) is 4.02. The number of rotatable bonds is 2. The van der Waals surface area contributed by atoms with Crippen molar-refractivity contribution in [2.75, 3.05) is 0 Å². The number of thiocarbonyl (C=S) groups is 1. The van der Waals surface area contributed by atoms with E-state index in [4.69, 9.17) is 28.6 Å². The molecule has 3 rings (SSSR count). The van der Waals surface area contributed by atoms with Gasteiger partial charge in [-0.15, -0.1) is 0 Å². The fraction of sp³-hybridized carbons (Fsp3) is 0.529. The highest BCUT2D eigenvalue weighted by molar-refractivity contribution is 7.80. The predicted molar refractivity (Wildman–Crippen MR) is 94.6 cm³/mol. The van der Waals surface area contributed by atoms with Crippen LogP contribution in [0.25, 0.3) is 0 Å². The van der Waals surface area contributed by atoms with Crippen molar-refractivity contribution in [2.24, 2.45) is 0 Å². The van der Waals surface area contributed by atoms with Crippen LogP contribution >= 0.6 is 23.8 Å². The van der Waals surface area contributed by atoms with Gasteiger partial charge in [0.15, 0.2) is 0 Å². The van der Waals surface area contributed by atoms with Crippen molar-refractivity contribution >= 4 is 35.0 Å². The molecule has 0 aromatic heterocycles. The van der Waals surface area contributed by atoms with Crippen LogP contribution in [-0.4, -0.2) is 28.2 Å². The van der Waals surface area contributed by atoms with E-state index < -0.39 is 0 Å². The number of hydrogen-bond donors (Lipinski definition) is 1. The normalized spacial score (nSPS) is 25.3. The molecule has 1 N–H and O–H groups in total. The molecule has 1 heterocycles. The van der Waals surface area contributed by atoms with Crippen LogP contribution in [0.4, 0.5) is 4.79 Å². The number of nitrogens with zero attached hydrogens (tertiary/aromatic N) is 1. The van der Waals surface area contributed by atoms with Crippen LogP contribution in [0.1, 0.15) is 50.7 Å². The average Bonchev–Trinajstić information content (AvgIpc) is 2.84. The van der Waals surface area contributed by atoms with Crippen LogP contribution in [0.15, 0.2) is 24.3 Å². The Balaban J connectivity index is 1.69. The van der Waals surface area contributed by atoms with Crippen molar-refractivity contribution < 1.29 is 9.53 Å². The quantitative estimate of drug-likeness (QED) is 0.800. The van der Waals surface area contributed by atoms with E-state index in [0.29, 0.717) is 5.02 Å². The minimum atomic E-state index is -0.253. The molecule has 1 saturated heterocycles. The molecule has 2 atom stereocenters. The molecule has 1 aromatic rings. The lowest BCUT2D eigenvalue weighted by Crippen LogP contribution is -2.48. The lowest BCUT2D eigenvalue weighted by molar-refractivity contribution is 0.188. The van der Waals surface area contributed by atoms with E-state index in [1.807, 2.05) is 31.2 Å². The number of hydrogen-bond acceptors (Lipinski definition) is 3. The van der Waals surface area contributed by atoms with Crippen LogP contribution in [0, 0.1) is 0 Å². The van der Waals surface area contributed by atoms with Crippen LogP contribution in [0.5, 0.6) is 0 Å². The number of carbonyl (C=O) groups excluding carboxylic acids is 1. The molecule has 0 bridgehead atoms. The Labute approximate surface area is 147 Å². The summed E-state index contributed by atoms with van der Waals surface area (Å²) in [7, 11) is 0. The Kier molecular flexibility index (Phi) is 5.07. The summed E-state index contributed by atoms with van der Waals surface area (Å²) in [5.74, 6) is 0. The minimum Gasteiger partial charge on any atom is -0.460 e. The second-order valence-corrected chi connectivity index (χ2v) is 7.04. The molecule has 2 aliphatic rings. The fourth-order valence-corrected chi connectivity index (χ4v) is 3.80. The number of carbonyl (C=O) groups is 1. The molecule has 1 aliphatic carbocycles. The smallest absolute Gasteiger partial charge is 0.325 e. The van der Waals surface area contributed by atoms with Gasteiger partial charge in [-0.3, -0.25) is 0 Å². The zero-order valence-corrected chi connectivity index (χ0v) is 14.7. The zero-order valence-electron chi connectivity index (χ0n) is 13.1. The first kappa shape index (κ1) is 16.5. The Morgan fingerprint density at radius 3 is 2.57 bits per heavy atom. The van der Waals surface area contributed by atoms with Crippen LogP contribution in [0.2, 0.25) is 5.02 Å². The van der Waals surface area contributed by atoms with Gasteiger partial charge in [-0.25, -0.2) is 9.69 Å². The van der Waals surface area contributed by atoms with Crippen molar-refractivity contribution in [3.63, 3.8) is 0 Å². The molecular formula is C17H21ClN2O2S. The molecule has 2 amide bonds. The monoisotopic (exact) mass is 352 g/mol. The predicted octanol–water partition coefficient (Wildman–Crippen LogP) is 4.43. The third kappa shape index (κ3) is 3.61. The molecule has 1 aliphatic heterocycles. The molecule has 1 saturated carbocycles. The van der Waals surface area contributed by atoms with Crippen LogP contribution < -0.4 is 5.32 Å². The molecule has 6 heteroatoms. The highest BCUT2D eigenvalue weighted by Gasteiger charge is 2.41. The summed E-state index contributed by atoms with van der Waals surface area (Å²) >= 11 is 11.2.